The second kappa shape index (κ2) is 17.2. The summed E-state index contributed by atoms with van der Waals surface area (Å²) in [6.45, 7) is 14.7. The maximum Gasteiger partial charge on any atom is 0.343 e. The van der Waals surface area contributed by atoms with Crippen LogP contribution in [0.1, 0.15) is 138 Å². The highest BCUT2D eigenvalue weighted by Gasteiger charge is 2.68. The van der Waals surface area contributed by atoms with Crippen LogP contribution in [0.15, 0.2) is 48.0 Å². The first-order valence-corrected chi connectivity index (χ1v) is 24.0. The van der Waals surface area contributed by atoms with Crippen molar-refractivity contribution < 1.29 is 48.3 Å². The Balaban J connectivity index is 1.53. The van der Waals surface area contributed by atoms with E-state index in [9.17, 15) is 24.9 Å². The van der Waals surface area contributed by atoms with Gasteiger partial charge >= 0.3 is 11.9 Å². The molecular weight excluding hydrogens is 741 g/mol. The van der Waals surface area contributed by atoms with Crippen LogP contribution in [0.25, 0.3) is 0 Å². The van der Waals surface area contributed by atoms with E-state index in [0.29, 0.717) is 24.0 Å². The number of carboxylic acids is 1. The molecule has 0 amide bonds. The van der Waals surface area contributed by atoms with Crippen LogP contribution in [0, 0.1) is 17.3 Å². The minimum absolute atomic E-state index is 0.0592. The fourth-order valence-corrected chi connectivity index (χ4v) is 13.5. The van der Waals surface area contributed by atoms with E-state index < -0.39 is 67.0 Å². The Hall–Kier alpha value is -3.22. The summed E-state index contributed by atoms with van der Waals surface area (Å²) in [5, 5.41) is 35.3. The molecule has 1 fully saturated rings. The first-order chi connectivity index (χ1) is 27.1. The lowest BCUT2D eigenvalue weighted by Gasteiger charge is -2.64. The van der Waals surface area contributed by atoms with E-state index in [2.05, 4.69) is 41.5 Å². The fourth-order valence-electron chi connectivity index (χ4n) is 10.6. The van der Waals surface area contributed by atoms with Gasteiger partial charge in [-0.3, -0.25) is 0 Å². The number of carbonyl (C=O) groups is 2. The molecule has 57 heavy (non-hydrogen) atoms. The molecule has 6 rings (SSSR count). The van der Waals surface area contributed by atoms with Gasteiger partial charge in [0.15, 0.2) is 8.32 Å². The largest absolute Gasteiger partial charge is 0.507 e. The lowest BCUT2D eigenvalue weighted by Crippen LogP contribution is -2.71. The smallest absolute Gasteiger partial charge is 0.343 e. The number of hydrogen-bond donors (Lipinski definition) is 3. The number of carbonyl (C=O) groups excluding carboxylic acids is 1. The number of phenols is 1. The molecule has 0 unspecified atom stereocenters. The molecule has 4 aliphatic rings. The molecule has 3 N–H and O–H groups in total. The van der Waals surface area contributed by atoms with Gasteiger partial charge in [-0.25, -0.2) is 9.59 Å². The number of unbranched alkanes of at least 4 members (excludes halogenated alkanes) is 4. The van der Waals surface area contributed by atoms with Crippen molar-refractivity contribution in [3.8, 4) is 11.5 Å². The second-order valence-corrected chi connectivity index (χ2v) is 22.6. The highest BCUT2D eigenvalue weighted by atomic mass is 28.4. The van der Waals surface area contributed by atoms with Gasteiger partial charge in [0.05, 0.1) is 35.9 Å². The number of ether oxygens (including phenoxy) is 4. The molecule has 2 aliphatic heterocycles. The predicted octanol–water partition coefficient (Wildman–Crippen LogP) is 9.57. The van der Waals surface area contributed by atoms with Gasteiger partial charge in [0.25, 0.3) is 0 Å². The summed E-state index contributed by atoms with van der Waals surface area (Å²) in [6, 6.07) is 13.0. The van der Waals surface area contributed by atoms with E-state index in [-0.39, 0.29) is 36.2 Å². The van der Waals surface area contributed by atoms with Gasteiger partial charge in [-0.15, -0.1) is 0 Å². The maximum absolute atomic E-state index is 13.4. The van der Waals surface area contributed by atoms with Crippen LogP contribution in [0.5, 0.6) is 11.5 Å². The Bertz CT molecular complexity index is 1780. The van der Waals surface area contributed by atoms with Gasteiger partial charge in [0.1, 0.15) is 34.9 Å². The molecule has 0 spiro atoms. The van der Waals surface area contributed by atoms with Crippen molar-refractivity contribution in [2.24, 2.45) is 17.3 Å². The minimum Gasteiger partial charge on any atom is -0.507 e. The van der Waals surface area contributed by atoms with Crippen LogP contribution < -0.4 is 4.74 Å². The van der Waals surface area contributed by atoms with Crippen LogP contribution in [0.4, 0.5) is 0 Å². The van der Waals surface area contributed by atoms with Crippen LogP contribution >= 0.6 is 0 Å². The van der Waals surface area contributed by atoms with Gasteiger partial charge in [0.2, 0.25) is 0 Å². The number of aromatic carboxylic acids is 1. The van der Waals surface area contributed by atoms with Crippen molar-refractivity contribution in [3.63, 3.8) is 0 Å². The first kappa shape index (κ1) is 43.4. The van der Waals surface area contributed by atoms with Crippen LogP contribution in [-0.2, 0) is 25.1 Å². The number of methoxy groups -OCH3 is 1. The van der Waals surface area contributed by atoms with E-state index in [1.165, 1.54) is 6.42 Å². The zero-order valence-corrected chi connectivity index (χ0v) is 36.4. The molecule has 10 nitrogen and oxygen atoms in total. The molecule has 2 heterocycles. The Kier molecular flexibility index (Phi) is 13.1. The molecular formula is C46H66O10Si. The summed E-state index contributed by atoms with van der Waals surface area (Å²) in [4.78, 5) is 26.4. The number of fused-ring (bicyclic) bond motifs is 3. The van der Waals surface area contributed by atoms with Crippen LogP contribution in [0.2, 0.25) is 18.1 Å². The van der Waals surface area contributed by atoms with Gasteiger partial charge < -0.3 is 38.7 Å². The summed E-state index contributed by atoms with van der Waals surface area (Å²) in [5.74, 6) is -2.96. The van der Waals surface area contributed by atoms with Crippen molar-refractivity contribution in [1.29, 1.82) is 0 Å². The lowest BCUT2D eigenvalue weighted by molar-refractivity contribution is -0.252. The van der Waals surface area contributed by atoms with Gasteiger partial charge in [-0.2, -0.15) is 0 Å². The molecule has 1 saturated carbocycles. The van der Waals surface area contributed by atoms with Crippen molar-refractivity contribution in [2.45, 2.75) is 160 Å². The number of carboxylic acid groups (broad SMARTS) is 1. The van der Waals surface area contributed by atoms with Crippen LogP contribution in [0.3, 0.4) is 0 Å². The Morgan fingerprint density at radius 3 is 2.26 bits per heavy atom. The Morgan fingerprint density at radius 2 is 1.65 bits per heavy atom. The molecule has 2 aromatic carbocycles. The van der Waals surface area contributed by atoms with E-state index in [4.69, 9.17) is 23.4 Å². The molecule has 0 radical (unpaired) electrons. The summed E-state index contributed by atoms with van der Waals surface area (Å²) in [5.41, 5.74) is -0.913. The summed E-state index contributed by atoms with van der Waals surface area (Å²) in [6.07, 6.45) is 7.48. The SMILES string of the molecule is CCCCCCC[C@@H]1Cc2cc(O)c(C(=O)O)c3c2[C@H](O1)[C@H]1[C@@H](OC)/C=C(/COC(=O)c2ccccc2)[C@H]2CC(C)(C)[C@]2(O)[C@@H](O[Si](CC)(CC)CC)C[C@]1(C)O3. The van der Waals surface area contributed by atoms with E-state index >= 15 is 0 Å². The molecule has 11 heteroatoms. The highest BCUT2D eigenvalue weighted by Crippen LogP contribution is 2.64. The van der Waals surface area contributed by atoms with Crippen LogP contribution in [-0.4, -0.2) is 78.8 Å². The zero-order valence-electron chi connectivity index (χ0n) is 35.4. The fraction of sp³-hybridized carbons (Fsp3) is 0.652. The van der Waals surface area contributed by atoms with Crippen molar-refractivity contribution in [3.05, 3.63) is 70.3 Å². The first-order valence-electron chi connectivity index (χ1n) is 21.4. The van der Waals surface area contributed by atoms with Gasteiger partial charge in [-0.05, 0) is 79.1 Å². The van der Waals surface area contributed by atoms with E-state index in [0.717, 1.165) is 61.4 Å². The van der Waals surface area contributed by atoms with E-state index in [1.54, 1.807) is 37.4 Å². The van der Waals surface area contributed by atoms with Gasteiger partial charge in [-0.1, -0.05) is 97.9 Å². The Labute approximate surface area is 340 Å². The van der Waals surface area contributed by atoms with E-state index in [1.807, 2.05) is 19.1 Å². The number of esters is 1. The number of rotatable bonds is 16. The normalized spacial score (nSPS) is 31.1. The average Bonchev–Trinajstić information content (AvgIpc) is 3.21. The molecule has 0 bridgehead atoms. The molecule has 314 valence electrons. The third-order valence-electron chi connectivity index (χ3n) is 14.2. The summed E-state index contributed by atoms with van der Waals surface area (Å²) < 4.78 is 34.2. The third kappa shape index (κ3) is 7.96. The quantitative estimate of drug-likeness (QED) is 0.0650. The zero-order chi connectivity index (χ0) is 41.3. The van der Waals surface area contributed by atoms with Crippen molar-refractivity contribution in [2.75, 3.05) is 13.7 Å². The minimum atomic E-state index is -2.41. The molecule has 8 atom stereocenters. The monoisotopic (exact) mass is 806 g/mol. The standard InChI is InChI=1S/C46H66O10Si/c1-9-13-14-15-19-22-32-23-30-24-34(47)38(42(48)49)40-37(30)41(54-32)39-35(52-8)25-31(28-53-43(50)29-20-17-16-18-21-29)33-26-44(5,6)46(33,51)36(27-45(39,7)55-40)56-57(10-2,11-3)12-4/h16-18,20-21,24-25,32-33,35-36,39,41,47,51H,9-15,19,22-23,26-28H2,1-8H3,(H,48,49)/b31-25-/t32-,33-,35+,36+,39-,41+,45+,46-/m1/s1. The average molecular weight is 807 g/mol. The second-order valence-electron chi connectivity index (χ2n) is 17.9. The number of aromatic hydroxyl groups is 1. The number of hydrogen-bond acceptors (Lipinski definition) is 9. The molecule has 0 saturated heterocycles. The molecule has 2 aliphatic carbocycles. The summed E-state index contributed by atoms with van der Waals surface area (Å²) >= 11 is 0. The highest BCUT2D eigenvalue weighted by molar-refractivity contribution is 6.73. The summed E-state index contributed by atoms with van der Waals surface area (Å²) in [7, 11) is -0.766. The predicted molar refractivity (Wildman–Crippen MR) is 221 cm³/mol. The number of benzene rings is 2. The molecule has 0 aromatic heterocycles. The number of aliphatic hydroxyl groups is 1. The Morgan fingerprint density at radius 1 is 0.965 bits per heavy atom. The van der Waals surface area contributed by atoms with Crippen molar-refractivity contribution in [1.82, 2.24) is 0 Å². The lowest BCUT2D eigenvalue weighted by atomic mass is 9.47. The van der Waals surface area contributed by atoms with Gasteiger partial charge in [0, 0.05) is 25.0 Å². The van der Waals surface area contributed by atoms with Crippen molar-refractivity contribution >= 4 is 20.3 Å². The molecule has 2 aromatic rings. The maximum atomic E-state index is 13.4. The topological polar surface area (TPSA) is 141 Å². The third-order valence-corrected chi connectivity index (χ3v) is 18.9.